The van der Waals surface area contributed by atoms with Gasteiger partial charge in [-0.1, -0.05) is 29.3 Å². The maximum absolute atomic E-state index is 12.0. The van der Waals surface area contributed by atoms with Gasteiger partial charge in [0.25, 0.3) is 0 Å². The number of carbonyl (C=O) groups excluding carboxylic acids is 3. The fourth-order valence-electron chi connectivity index (χ4n) is 2.57. The van der Waals surface area contributed by atoms with Crippen LogP contribution in [-0.4, -0.2) is 34.2 Å². The molecule has 9 heteroatoms. The number of rotatable bonds is 6. The standard InChI is InChI=1S/C17H15Cl2N3O3S/c18-11-2-1-10(13(19)8-11)7-12-9-20-17(26-12)21-14(23)5-6-22-15(24)3-4-16(22)25/h1-2,8-9H,3-7H2,(H,20,21,23). The lowest BCUT2D eigenvalue weighted by Gasteiger charge is -2.12. The van der Waals surface area contributed by atoms with E-state index in [1.165, 1.54) is 11.3 Å². The van der Waals surface area contributed by atoms with Gasteiger partial charge in [0.1, 0.15) is 0 Å². The SMILES string of the molecule is O=C(CCN1C(=O)CCC1=O)Nc1ncc(Cc2ccc(Cl)cc2Cl)s1. The van der Waals surface area contributed by atoms with Crippen LogP contribution < -0.4 is 5.32 Å². The van der Waals surface area contributed by atoms with Crippen molar-refractivity contribution in [1.82, 2.24) is 9.88 Å². The number of benzene rings is 1. The predicted octanol–water partition coefficient (Wildman–Crippen LogP) is 3.52. The highest BCUT2D eigenvalue weighted by atomic mass is 35.5. The van der Waals surface area contributed by atoms with Gasteiger partial charge in [-0.25, -0.2) is 4.98 Å². The van der Waals surface area contributed by atoms with Crippen molar-refractivity contribution < 1.29 is 14.4 Å². The van der Waals surface area contributed by atoms with Gasteiger partial charge in [0.05, 0.1) is 0 Å². The van der Waals surface area contributed by atoms with Gasteiger partial charge in [-0.3, -0.25) is 19.3 Å². The monoisotopic (exact) mass is 411 g/mol. The third-order valence-corrected chi connectivity index (χ3v) is 5.40. The van der Waals surface area contributed by atoms with E-state index >= 15 is 0 Å². The predicted molar refractivity (Wildman–Crippen MR) is 101 cm³/mol. The second kappa shape index (κ2) is 8.16. The number of carbonyl (C=O) groups is 3. The Labute approximate surface area is 164 Å². The van der Waals surface area contributed by atoms with Crippen molar-refractivity contribution in [3.8, 4) is 0 Å². The molecule has 1 aromatic heterocycles. The molecule has 0 unspecified atom stereocenters. The summed E-state index contributed by atoms with van der Waals surface area (Å²) in [5, 5.41) is 4.31. The number of anilines is 1. The molecular formula is C17H15Cl2N3O3S. The molecule has 0 bridgehead atoms. The quantitative estimate of drug-likeness (QED) is 0.737. The van der Waals surface area contributed by atoms with Crippen molar-refractivity contribution in [2.24, 2.45) is 0 Å². The number of hydrogen-bond acceptors (Lipinski definition) is 5. The van der Waals surface area contributed by atoms with Crippen molar-refractivity contribution in [3.05, 3.63) is 44.9 Å². The van der Waals surface area contributed by atoms with Gasteiger partial charge in [0.2, 0.25) is 17.7 Å². The number of likely N-dealkylation sites (tertiary alicyclic amines) is 1. The molecule has 2 aromatic rings. The Morgan fingerprint density at radius 2 is 1.96 bits per heavy atom. The van der Waals surface area contributed by atoms with E-state index < -0.39 is 0 Å². The molecule has 1 aliphatic rings. The third kappa shape index (κ3) is 4.60. The molecule has 1 aromatic carbocycles. The summed E-state index contributed by atoms with van der Waals surface area (Å²) in [4.78, 5) is 41.3. The summed E-state index contributed by atoms with van der Waals surface area (Å²) in [6.07, 6.45) is 2.77. The summed E-state index contributed by atoms with van der Waals surface area (Å²) in [5.41, 5.74) is 0.920. The average molecular weight is 412 g/mol. The summed E-state index contributed by atoms with van der Waals surface area (Å²) < 4.78 is 0. The lowest BCUT2D eigenvalue weighted by atomic mass is 10.1. The van der Waals surface area contributed by atoms with Crippen LogP contribution >= 0.6 is 34.5 Å². The summed E-state index contributed by atoms with van der Waals surface area (Å²) in [7, 11) is 0. The van der Waals surface area contributed by atoms with E-state index in [4.69, 9.17) is 23.2 Å². The van der Waals surface area contributed by atoms with Gasteiger partial charge in [-0.2, -0.15) is 0 Å². The second-order valence-corrected chi connectivity index (χ2v) is 7.74. The Morgan fingerprint density at radius 3 is 2.65 bits per heavy atom. The Balaban J connectivity index is 1.53. The van der Waals surface area contributed by atoms with Crippen LogP contribution in [0.5, 0.6) is 0 Å². The van der Waals surface area contributed by atoms with Gasteiger partial charge in [-0.15, -0.1) is 11.3 Å². The number of halogens is 2. The number of hydrogen-bond donors (Lipinski definition) is 1. The van der Waals surface area contributed by atoms with Crippen molar-refractivity contribution in [2.45, 2.75) is 25.7 Å². The van der Waals surface area contributed by atoms with Crippen LogP contribution in [0, 0.1) is 0 Å². The van der Waals surface area contributed by atoms with Crippen molar-refractivity contribution in [3.63, 3.8) is 0 Å². The first kappa shape index (κ1) is 18.8. The van der Waals surface area contributed by atoms with Crippen molar-refractivity contribution in [1.29, 1.82) is 0 Å². The second-order valence-electron chi connectivity index (χ2n) is 5.78. The number of nitrogens with zero attached hydrogens (tertiary/aromatic N) is 2. The topological polar surface area (TPSA) is 79.4 Å². The first-order valence-electron chi connectivity index (χ1n) is 7.94. The molecule has 0 radical (unpaired) electrons. The van der Waals surface area contributed by atoms with E-state index in [9.17, 15) is 14.4 Å². The van der Waals surface area contributed by atoms with E-state index in [2.05, 4.69) is 10.3 Å². The van der Waals surface area contributed by atoms with Crippen molar-refractivity contribution in [2.75, 3.05) is 11.9 Å². The minimum Gasteiger partial charge on any atom is -0.302 e. The zero-order valence-electron chi connectivity index (χ0n) is 13.6. The Hall–Kier alpha value is -1.96. The highest BCUT2D eigenvalue weighted by molar-refractivity contribution is 7.15. The fraction of sp³-hybridized carbons (Fsp3) is 0.294. The molecule has 1 aliphatic heterocycles. The Kier molecular flexibility index (Phi) is 5.90. The summed E-state index contributed by atoms with van der Waals surface area (Å²) in [6, 6.07) is 5.31. The number of amides is 3. The van der Waals surface area contributed by atoms with Crippen LogP contribution in [0.15, 0.2) is 24.4 Å². The molecule has 0 spiro atoms. The normalized spacial score (nSPS) is 14.2. The van der Waals surface area contributed by atoms with Crippen LogP contribution in [0.3, 0.4) is 0 Å². The summed E-state index contributed by atoms with van der Waals surface area (Å²) >= 11 is 13.4. The van der Waals surface area contributed by atoms with Crippen LogP contribution in [0.2, 0.25) is 10.0 Å². The minimum atomic E-state index is -0.289. The van der Waals surface area contributed by atoms with Crippen molar-refractivity contribution >= 4 is 57.4 Å². The van der Waals surface area contributed by atoms with Gasteiger partial charge >= 0.3 is 0 Å². The smallest absolute Gasteiger partial charge is 0.229 e. The number of nitrogens with one attached hydrogen (secondary N) is 1. The van der Waals surface area contributed by atoms with Gasteiger partial charge < -0.3 is 5.32 Å². The van der Waals surface area contributed by atoms with Crippen LogP contribution in [0.4, 0.5) is 5.13 Å². The van der Waals surface area contributed by atoms with Gasteiger partial charge in [-0.05, 0) is 17.7 Å². The Morgan fingerprint density at radius 1 is 1.23 bits per heavy atom. The molecule has 26 heavy (non-hydrogen) atoms. The zero-order valence-corrected chi connectivity index (χ0v) is 16.0. The zero-order chi connectivity index (χ0) is 18.7. The molecule has 0 aliphatic carbocycles. The first-order valence-corrected chi connectivity index (χ1v) is 9.51. The minimum absolute atomic E-state index is 0.0510. The van der Waals surface area contributed by atoms with Crippen LogP contribution in [-0.2, 0) is 20.8 Å². The first-order chi connectivity index (χ1) is 12.4. The highest BCUT2D eigenvalue weighted by Gasteiger charge is 2.28. The number of thiazole rings is 1. The molecule has 0 saturated carbocycles. The van der Waals surface area contributed by atoms with Crippen LogP contribution in [0.1, 0.15) is 29.7 Å². The molecular weight excluding hydrogens is 397 g/mol. The van der Waals surface area contributed by atoms with Crippen LogP contribution in [0.25, 0.3) is 0 Å². The van der Waals surface area contributed by atoms with Gasteiger partial charge in [0.15, 0.2) is 5.13 Å². The molecule has 0 atom stereocenters. The van der Waals surface area contributed by atoms with E-state index in [1.807, 2.05) is 6.07 Å². The van der Waals surface area contributed by atoms with E-state index in [-0.39, 0.29) is 43.5 Å². The maximum Gasteiger partial charge on any atom is 0.229 e. The lowest BCUT2D eigenvalue weighted by molar-refractivity contribution is -0.138. The Bertz CT molecular complexity index is 853. The molecule has 1 saturated heterocycles. The van der Waals surface area contributed by atoms with Gasteiger partial charge in [0, 0.05) is 53.3 Å². The van der Waals surface area contributed by atoms with E-state index in [0.717, 1.165) is 15.3 Å². The molecule has 2 heterocycles. The van der Waals surface area contributed by atoms with E-state index in [1.54, 1.807) is 18.3 Å². The van der Waals surface area contributed by atoms with E-state index in [0.29, 0.717) is 21.6 Å². The molecule has 3 rings (SSSR count). The largest absolute Gasteiger partial charge is 0.302 e. The molecule has 3 amide bonds. The maximum atomic E-state index is 12.0. The molecule has 136 valence electrons. The average Bonchev–Trinajstić information content (AvgIpc) is 3.15. The molecule has 1 N–H and O–H groups in total. The third-order valence-electron chi connectivity index (χ3n) is 3.90. The highest BCUT2D eigenvalue weighted by Crippen LogP contribution is 2.27. The molecule has 1 fully saturated rings. The lowest BCUT2D eigenvalue weighted by Crippen LogP contribution is -2.32. The molecule has 6 nitrogen and oxygen atoms in total. The number of aromatic nitrogens is 1. The summed E-state index contributed by atoms with van der Waals surface area (Å²) in [5.74, 6) is -0.735. The summed E-state index contributed by atoms with van der Waals surface area (Å²) in [6.45, 7) is 0.0993. The number of imide groups is 1. The fourth-order valence-corrected chi connectivity index (χ4v) is 3.89.